The van der Waals surface area contributed by atoms with Gasteiger partial charge in [0.1, 0.15) is 12.4 Å². The van der Waals surface area contributed by atoms with Gasteiger partial charge in [-0.25, -0.2) is 9.13 Å². The molecule has 0 amide bonds. The van der Waals surface area contributed by atoms with Crippen LogP contribution in [0.25, 0.3) is 0 Å². The van der Waals surface area contributed by atoms with E-state index in [4.69, 9.17) is 0 Å². The predicted molar refractivity (Wildman–Crippen MR) is 42.5 cm³/mol. The molecule has 0 aliphatic carbocycles. The molecule has 0 aliphatic heterocycles. The second kappa shape index (κ2) is 6.15. The van der Waals surface area contributed by atoms with Crippen molar-refractivity contribution < 1.29 is 25.4 Å². The molecule has 4 N–H and O–H groups in total. The SMILES string of the molecule is C[n+]1ccn(CCC(=O)[O-])c1.O.O. The highest BCUT2D eigenvalue weighted by Gasteiger charge is 1.98. The van der Waals surface area contributed by atoms with E-state index in [2.05, 4.69) is 0 Å². The van der Waals surface area contributed by atoms with Gasteiger partial charge >= 0.3 is 0 Å². The van der Waals surface area contributed by atoms with E-state index < -0.39 is 5.97 Å². The van der Waals surface area contributed by atoms with Crippen molar-refractivity contribution in [2.75, 3.05) is 0 Å². The van der Waals surface area contributed by atoms with Crippen molar-refractivity contribution in [3.63, 3.8) is 0 Å². The summed E-state index contributed by atoms with van der Waals surface area (Å²) in [7, 11) is 1.88. The zero-order valence-electron chi connectivity index (χ0n) is 7.36. The summed E-state index contributed by atoms with van der Waals surface area (Å²) in [5.41, 5.74) is 0. The monoisotopic (exact) mass is 190 g/mol. The minimum atomic E-state index is -1.01. The Kier molecular flexibility index (Phi) is 6.69. The van der Waals surface area contributed by atoms with Crippen LogP contribution in [0.5, 0.6) is 0 Å². The summed E-state index contributed by atoms with van der Waals surface area (Å²) in [4.78, 5) is 10.0. The largest absolute Gasteiger partial charge is 0.550 e. The summed E-state index contributed by atoms with van der Waals surface area (Å²) < 4.78 is 3.66. The number of imidazole rings is 1. The van der Waals surface area contributed by atoms with E-state index in [-0.39, 0.29) is 17.4 Å². The number of aryl methyl sites for hydroxylation is 2. The molecule has 0 radical (unpaired) electrons. The summed E-state index contributed by atoms with van der Waals surface area (Å²) in [5, 5.41) is 10.0. The van der Waals surface area contributed by atoms with E-state index in [1.165, 1.54) is 0 Å². The fraction of sp³-hybridized carbons (Fsp3) is 0.429. The molecule has 0 bridgehead atoms. The van der Waals surface area contributed by atoms with Crippen molar-refractivity contribution >= 4 is 5.97 Å². The van der Waals surface area contributed by atoms with E-state index >= 15 is 0 Å². The second-order valence-corrected chi connectivity index (χ2v) is 2.44. The molecule has 0 fully saturated rings. The zero-order chi connectivity index (χ0) is 8.27. The van der Waals surface area contributed by atoms with Gasteiger partial charge in [-0.05, 0) is 0 Å². The normalized spacial score (nSPS) is 8.38. The fourth-order valence-corrected chi connectivity index (χ4v) is 0.854. The molecule has 0 saturated carbocycles. The van der Waals surface area contributed by atoms with Gasteiger partial charge in [0.15, 0.2) is 0 Å². The number of hydrogen-bond donors (Lipinski definition) is 0. The summed E-state index contributed by atoms with van der Waals surface area (Å²) in [6.07, 6.45) is 5.57. The molecule has 0 spiro atoms. The van der Waals surface area contributed by atoms with E-state index in [1.54, 1.807) is 4.57 Å². The lowest BCUT2D eigenvalue weighted by Gasteiger charge is -1.96. The third kappa shape index (κ3) is 4.94. The number of carboxylic acid groups (broad SMARTS) is 1. The third-order valence-electron chi connectivity index (χ3n) is 1.40. The smallest absolute Gasteiger partial charge is 0.243 e. The molecule has 6 nitrogen and oxygen atoms in total. The Morgan fingerprint density at radius 2 is 2.15 bits per heavy atom. The molecule has 1 aromatic rings. The van der Waals surface area contributed by atoms with Crippen LogP contribution >= 0.6 is 0 Å². The van der Waals surface area contributed by atoms with E-state index in [9.17, 15) is 9.90 Å². The highest BCUT2D eigenvalue weighted by Crippen LogP contribution is 1.86. The molecule has 13 heavy (non-hydrogen) atoms. The summed E-state index contributed by atoms with van der Waals surface area (Å²) in [5.74, 6) is -1.01. The lowest BCUT2D eigenvalue weighted by molar-refractivity contribution is -0.671. The van der Waals surface area contributed by atoms with Crippen LogP contribution in [-0.2, 0) is 18.4 Å². The maximum atomic E-state index is 10.0. The molecular formula is C7H14N2O4. The first kappa shape index (κ1) is 14.1. The lowest BCUT2D eigenvalue weighted by atomic mass is 10.4. The molecule has 76 valence electrons. The van der Waals surface area contributed by atoms with E-state index in [1.807, 2.05) is 30.3 Å². The van der Waals surface area contributed by atoms with Crippen molar-refractivity contribution in [2.45, 2.75) is 13.0 Å². The van der Waals surface area contributed by atoms with Crippen LogP contribution in [-0.4, -0.2) is 21.5 Å². The maximum absolute atomic E-state index is 10.0. The van der Waals surface area contributed by atoms with Gasteiger partial charge in [-0.15, -0.1) is 0 Å². The van der Waals surface area contributed by atoms with Gasteiger partial charge in [0.2, 0.25) is 6.33 Å². The Hall–Kier alpha value is -1.40. The number of aliphatic carboxylic acids is 1. The Balaban J connectivity index is 0. The Morgan fingerprint density at radius 3 is 2.54 bits per heavy atom. The number of carboxylic acids is 1. The van der Waals surface area contributed by atoms with E-state index in [0.29, 0.717) is 6.54 Å². The first-order chi connectivity index (χ1) is 5.18. The van der Waals surface area contributed by atoms with Gasteiger partial charge < -0.3 is 20.9 Å². The number of carbonyl (C=O) groups excluding carboxylic acids is 1. The van der Waals surface area contributed by atoms with E-state index in [0.717, 1.165) is 0 Å². The minimum absolute atomic E-state index is 0. The van der Waals surface area contributed by atoms with Crippen LogP contribution in [0, 0.1) is 0 Å². The minimum Gasteiger partial charge on any atom is -0.550 e. The molecule has 0 unspecified atom stereocenters. The highest BCUT2D eigenvalue weighted by molar-refractivity contribution is 5.63. The first-order valence-electron chi connectivity index (χ1n) is 3.39. The predicted octanol–water partition coefficient (Wildman–Crippen LogP) is -3.20. The van der Waals surface area contributed by atoms with Crippen LogP contribution in [0.1, 0.15) is 6.42 Å². The van der Waals surface area contributed by atoms with Crippen molar-refractivity contribution in [1.82, 2.24) is 4.57 Å². The van der Waals surface area contributed by atoms with Crippen LogP contribution < -0.4 is 9.67 Å². The average molecular weight is 190 g/mol. The number of nitrogens with zero attached hydrogens (tertiary/aromatic N) is 2. The quantitative estimate of drug-likeness (QED) is 0.467. The first-order valence-corrected chi connectivity index (χ1v) is 3.39. The van der Waals surface area contributed by atoms with Gasteiger partial charge in [0.25, 0.3) is 0 Å². The molecular weight excluding hydrogens is 176 g/mol. The van der Waals surface area contributed by atoms with Crippen molar-refractivity contribution in [3.8, 4) is 0 Å². The van der Waals surface area contributed by atoms with Gasteiger partial charge in [-0.1, -0.05) is 0 Å². The van der Waals surface area contributed by atoms with Crippen LogP contribution in [0.15, 0.2) is 18.7 Å². The average Bonchev–Trinajstić information content (AvgIpc) is 2.31. The maximum Gasteiger partial charge on any atom is 0.243 e. The van der Waals surface area contributed by atoms with Crippen molar-refractivity contribution in [1.29, 1.82) is 0 Å². The van der Waals surface area contributed by atoms with Crippen LogP contribution in [0.3, 0.4) is 0 Å². The Labute approximate surface area is 75.7 Å². The van der Waals surface area contributed by atoms with Gasteiger partial charge in [-0.3, -0.25) is 0 Å². The summed E-state index contributed by atoms with van der Waals surface area (Å²) >= 11 is 0. The van der Waals surface area contributed by atoms with Gasteiger partial charge in [-0.2, -0.15) is 0 Å². The molecule has 0 saturated heterocycles. The Bertz CT molecular complexity index is 259. The number of aromatic nitrogens is 2. The molecule has 6 heteroatoms. The van der Waals surface area contributed by atoms with Crippen molar-refractivity contribution in [3.05, 3.63) is 18.7 Å². The zero-order valence-corrected chi connectivity index (χ0v) is 7.36. The van der Waals surface area contributed by atoms with Gasteiger partial charge in [0.05, 0.1) is 13.6 Å². The standard InChI is InChI=1S/C7H10N2O2.2H2O/c1-8-4-5-9(6-8)3-2-7(10)11;;/h4-6H,2-3H2,1H3;2*1H2. The van der Waals surface area contributed by atoms with Gasteiger partial charge in [0, 0.05) is 12.4 Å². The fourth-order valence-electron chi connectivity index (χ4n) is 0.854. The number of rotatable bonds is 3. The molecule has 0 aliphatic rings. The number of hydrogen-bond acceptors (Lipinski definition) is 2. The highest BCUT2D eigenvalue weighted by atomic mass is 16.4. The summed E-state index contributed by atoms with van der Waals surface area (Å²) in [6, 6.07) is 0. The number of carbonyl (C=O) groups is 1. The van der Waals surface area contributed by atoms with Crippen LogP contribution in [0.4, 0.5) is 0 Å². The summed E-state index contributed by atoms with van der Waals surface area (Å²) in [6.45, 7) is 0.475. The van der Waals surface area contributed by atoms with Crippen molar-refractivity contribution in [2.24, 2.45) is 7.05 Å². The van der Waals surface area contributed by atoms with Crippen LogP contribution in [0.2, 0.25) is 0 Å². The molecule has 1 aromatic heterocycles. The third-order valence-corrected chi connectivity index (χ3v) is 1.40. The topological polar surface area (TPSA) is 112 Å². The molecule has 0 aromatic carbocycles. The molecule has 1 rings (SSSR count). The lowest BCUT2D eigenvalue weighted by Crippen LogP contribution is -2.25. The Morgan fingerprint density at radius 1 is 1.54 bits per heavy atom. The second-order valence-electron chi connectivity index (χ2n) is 2.44. The molecule has 1 heterocycles. The molecule has 0 atom stereocenters.